The van der Waals surface area contributed by atoms with Crippen LogP contribution in [0.2, 0.25) is 0 Å². The predicted molar refractivity (Wildman–Crippen MR) is 79.1 cm³/mol. The normalized spacial score (nSPS) is 26.2. The Morgan fingerprint density at radius 1 is 1.50 bits per heavy atom. The molecule has 102 valence electrons. The zero-order valence-corrected chi connectivity index (χ0v) is 12.7. The van der Waals surface area contributed by atoms with E-state index in [9.17, 15) is 0 Å². The Bertz CT molecular complexity index is 361. The van der Waals surface area contributed by atoms with Crippen LogP contribution >= 0.6 is 11.3 Å². The summed E-state index contributed by atoms with van der Waals surface area (Å²) in [7, 11) is 2.11. The van der Waals surface area contributed by atoms with Crippen LogP contribution in [0.3, 0.4) is 0 Å². The van der Waals surface area contributed by atoms with Crippen LogP contribution in [0.5, 0.6) is 0 Å². The first-order valence-corrected chi connectivity index (χ1v) is 8.19. The third-order valence-corrected chi connectivity index (χ3v) is 5.39. The van der Waals surface area contributed by atoms with Gasteiger partial charge in [-0.3, -0.25) is 0 Å². The molecule has 1 heterocycles. The lowest BCUT2D eigenvalue weighted by molar-refractivity contribution is 0.212. The number of nitrogens with one attached hydrogen (secondary N) is 1. The van der Waals surface area contributed by atoms with Gasteiger partial charge in [0.25, 0.3) is 0 Å². The molecule has 0 bridgehead atoms. The van der Waals surface area contributed by atoms with E-state index in [2.05, 4.69) is 36.6 Å². The molecule has 1 fully saturated rings. The fourth-order valence-electron chi connectivity index (χ4n) is 3.26. The largest absolute Gasteiger partial charge is 0.316 e. The molecular formula is C15H26N2S. The van der Waals surface area contributed by atoms with Crippen molar-refractivity contribution >= 4 is 11.3 Å². The van der Waals surface area contributed by atoms with Gasteiger partial charge in [-0.2, -0.15) is 0 Å². The third kappa shape index (κ3) is 3.55. The minimum Gasteiger partial charge on any atom is -0.316 e. The van der Waals surface area contributed by atoms with Crippen LogP contribution in [-0.2, 0) is 6.42 Å². The smallest absolute Gasteiger partial charge is 0.0943 e. The number of hydrogen-bond donors (Lipinski definition) is 1. The van der Waals surface area contributed by atoms with E-state index in [-0.39, 0.29) is 0 Å². The number of likely N-dealkylation sites (N-methyl/N-ethyl adjacent to an activating group) is 1. The van der Waals surface area contributed by atoms with Gasteiger partial charge in [0, 0.05) is 23.5 Å². The van der Waals surface area contributed by atoms with Crippen LogP contribution in [0, 0.1) is 18.8 Å². The number of nitrogens with zero attached hydrogens (tertiary/aromatic N) is 1. The minimum absolute atomic E-state index is 0.616. The van der Waals surface area contributed by atoms with Gasteiger partial charge in [-0.25, -0.2) is 4.98 Å². The van der Waals surface area contributed by atoms with Gasteiger partial charge >= 0.3 is 0 Å². The van der Waals surface area contributed by atoms with E-state index in [1.54, 1.807) is 0 Å². The summed E-state index contributed by atoms with van der Waals surface area (Å²) < 4.78 is 0. The molecule has 2 nitrogen and oxygen atoms in total. The van der Waals surface area contributed by atoms with Crippen molar-refractivity contribution in [1.82, 2.24) is 10.3 Å². The molecule has 1 aliphatic carbocycles. The van der Waals surface area contributed by atoms with Crippen molar-refractivity contribution in [3.05, 3.63) is 16.1 Å². The Hall–Kier alpha value is -0.410. The summed E-state index contributed by atoms with van der Waals surface area (Å²) in [6, 6.07) is 0.616. The molecule has 0 spiro atoms. The molecule has 1 N–H and O–H groups in total. The van der Waals surface area contributed by atoms with Gasteiger partial charge in [-0.15, -0.1) is 11.3 Å². The molecule has 0 aliphatic heterocycles. The second-order valence-electron chi connectivity index (χ2n) is 5.68. The topological polar surface area (TPSA) is 24.9 Å². The van der Waals surface area contributed by atoms with Crippen LogP contribution in [0.4, 0.5) is 0 Å². The SMILES string of the molecule is CCC1CCCC(C(Cc2nc(C)cs2)NC)C1. The summed E-state index contributed by atoms with van der Waals surface area (Å²) >= 11 is 1.81. The van der Waals surface area contributed by atoms with Crippen LogP contribution in [0.25, 0.3) is 0 Å². The highest BCUT2D eigenvalue weighted by Crippen LogP contribution is 2.33. The van der Waals surface area contributed by atoms with Crippen LogP contribution < -0.4 is 5.32 Å². The summed E-state index contributed by atoms with van der Waals surface area (Å²) in [4.78, 5) is 4.61. The van der Waals surface area contributed by atoms with Gasteiger partial charge in [-0.05, 0) is 38.6 Å². The Labute approximate surface area is 115 Å². The van der Waals surface area contributed by atoms with E-state index in [0.717, 1.165) is 18.3 Å². The highest BCUT2D eigenvalue weighted by molar-refractivity contribution is 7.09. The molecule has 3 heteroatoms. The standard InChI is InChI=1S/C15H26N2S/c1-4-12-6-5-7-13(8-12)14(16-3)9-15-17-11(2)10-18-15/h10,12-14,16H,4-9H2,1-3H3. The van der Waals surface area contributed by atoms with Crippen LogP contribution in [0.15, 0.2) is 5.38 Å². The maximum Gasteiger partial charge on any atom is 0.0943 e. The molecule has 18 heavy (non-hydrogen) atoms. The van der Waals surface area contributed by atoms with Crippen molar-refractivity contribution in [2.75, 3.05) is 7.05 Å². The molecule has 0 aromatic carbocycles. The molecule has 0 amide bonds. The van der Waals surface area contributed by atoms with Crippen molar-refractivity contribution in [3.63, 3.8) is 0 Å². The predicted octanol–water partition coefficient (Wildman–Crippen LogP) is 3.80. The lowest BCUT2D eigenvalue weighted by Crippen LogP contribution is -2.38. The molecule has 1 aromatic rings. The molecule has 1 saturated carbocycles. The van der Waals surface area contributed by atoms with Gasteiger partial charge in [-0.1, -0.05) is 26.2 Å². The Morgan fingerprint density at radius 3 is 2.94 bits per heavy atom. The van der Waals surface area contributed by atoms with Gasteiger partial charge in [0.1, 0.15) is 0 Å². The second-order valence-corrected chi connectivity index (χ2v) is 6.63. The van der Waals surface area contributed by atoms with E-state index >= 15 is 0 Å². The maximum atomic E-state index is 4.61. The average Bonchev–Trinajstić information content (AvgIpc) is 2.81. The average molecular weight is 266 g/mol. The lowest BCUT2D eigenvalue weighted by atomic mass is 9.76. The molecule has 3 atom stereocenters. The van der Waals surface area contributed by atoms with Gasteiger partial charge in [0.2, 0.25) is 0 Å². The van der Waals surface area contributed by atoms with Crippen molar-refractivity contribution < 1.29 is 0 Å². The highest BCUT2D eigenvalue weighted by atomic mass is 32.1. The Balaban J connectivity index is 1.95. The second kappa shape index (κ2) is 6.67. The molecule has 0 radical (unpaired) electrons. The summed E-state index contributed by atoms with van der Waals surface area (Å²) in [5.41, 5.74) is 1.17. The number of rotatable bonds is 5. The van der Waals surface area contributed by atoms with Gasteiger partial charge < -0.3 is 5.32 Å². The first kappa shape index (κ1) is 14.0. The summed E-state index contributed by atoms with van der Waals surface area (Å²) in [5, 5.41) is 7.00. The molecule has 1 aliphatic rings. The quantitative estimate of drug-likeness (QED) is 0.877. The van der Waals surface area contributed by atoms with Crippen molar-refractivity contribution in [3.8, 4) is 0 Å². The fourth-order valence-corrected chi connectivity index (χ4v) is 4.09. The first-order chi connectivity index (χ1) is 8.72. The monoisotopic (exact) mass is 266 g/mol. The summed E-state index contributed by atoms with van der Waals surface area (Å²) in [6.07, 6.45) is 8.12. The number of aryl methyl sites for hydroxylation is 1. The van der Waals surface area contributed by atoms with Gasteiger partial charge in [0.15, 0.2) is 0 Å². The van der Waals surface area contributed by atoms with Crippen molar-refractivity contribution in [2.24, 2.45) is 11.8 Å². The minimum atomic E-state index is 0.616. The van der Waals surface area contributed by atoms with Crippen LogP contribution in [0.1, 0.15) is 49.7 Å². The Morgan fingerprint density at radius 2 is 2.33 bits per heavy atom. The first-order valence-electron chi connectivity index (χ1n) is 7.31. The molecule has 1 aromatic heterocycles. The Kier molecular flexibility index (Phi) is 5.19. The van der Waals surface area contributed by atoms with E-state index in [0.29, 0.717) is 6.04 Å². The van der Waals surface area contributed by atoms with E-state index in [1.165, 1.54) is 42.8 Å². The van der Waals surface area contributed by atoms with Crippen molar-refractivity contribution in [1.29, 1.82) is 0 Å². The zero-order valence-electron chi connectivity index (χ0n) is 11.9. The number of hydrogen-bond acceptors (Lipinski definition) is 3. The van der Waals surface area contributed by atoms with Crippen LogP contribution in [-0.4, -0.2) is 18.1 Å². The number of aromatic nitrogens is 1. The fraction of sp³-hybridized carbons (Fsp3) is 0.800. The highest BCUT2D eigenvalue weighted by Gasteiger charge is 2.27. The maximum absolute atomic E-state index is 4.61. The summed E-state index contributed by atoms with van der Waals surface area (Å²) in [6.45, 7) is 4.42. The molecule has 3 unspecified atom stereocenters. The van der Waals surface area contributed by atoms with E-state index < -0.39 is 0 Å². The zero-order chi connectivity index (χ0) is 13.0. The van der Waals surface area contributed by atoms with Gasteiger partial charge in [0.05, 0.1) is 5.01 Å². The molecule has 2 rings (SSSR count). The summed E-state index contributed by atoms with van der Waals surface area (Å²) in [5.74, 6) is 1.80. The van der Waals surface area contributed by atoms with E-state index in [4.69, 9.17) is 0 Å². The molecular weight excluding hydrogens is 240 g/mol. The molecule has 0 saturated heterocycles. The van der Waals surface area contributed by atoms with Crippen molar-refractivity contribution in [2.45, 2.75) is 58.4 Å². The lowest BCUT2D eigenvalue weighted by Gasteiger charge is -2.34. The van der Waals surface area contributed by atoms with E-state index in [1.807, 2.05) is 11.3 Å². The number of thiazole rings is 1. The third-order valence-electron chi connectivity index (χ3n) is 4.40.